The van der Waals surface area contributed by atoms with E-state index in [1.54, 1.807) is 6.26 Å². The molecule has 2 aromatic heterocycles. The summed E-state index contributed by atoms with van der Waals surface area (Å²) in [5.74, 6) is 0.174. The van der Waals surface area contributed by atoms with Crippen molar-refractivity contribution in [2.75, 3.05) is 4.90 Å². The summed E-state index contributed by atoms with van der Waals surface area (Å²) in [6.07, 6.45) is 3.64. The SMILES string of the molecule is O=C(O)c1ccc(Cl)nc1N(Cc1ccco1)C1CC1. The summed E-state index contributed by atoms with van der Waals surface area (Å²) in [4.78, 5) is 17.5. The Balaban J connectivity index is 1.98. The van der Waals surface area contributed by atoms with Crippen LogP contribution in [0.15, 0.2) is 34.9 Å². The lowest BCUT2D eigenvalue weighted by molar-refractivity contribution is 0.0697. The van der Waals surface area contributed by atoms with E-state index < -0.39 is 5.97 Å². The van der Waals surface area contributed by atoms with Crippen molar-refractivity contribution in [1.82, 2.24) is 4.98 Å². The first kappa shape index (κ1) is 13.0. The Kier molecular flexibility index (Phi) is 3.36. The lowest BCUT2D eigenvalue weighted by Gasteiger charge is -2.24. The monoisotopic (exact) mass is 292 g/mol. The molecule has 104 valence electrons. The van der Waals surface area contributed by atoms with E-state index in [0.29, 0.717) is 18.4 Å². The molecule has 1 saturated carbocycles. The van der Waals surface area contributed by atoms with Crippen molar-refractivity contribution in [2.24, 2.45) is 0 Å². The number of rotatable bonds is 5. The molecule has 1 N–H and O–H groups in total. The highest BCUT2D eigenvalue weighted by Gasteiger charge is 2.33. The molecule has 5 nitrogen and oxygen atoms in total. The average Bonchev–Trinajstić information content (AvgIpc) is 3.12. The van der Waals surface area contributed by atoms with Crippen LogP contribution in [0.25, 0.3) is 0 Å². The van der Waals surface area contributed by atoms with Gasteiger partial charge in [-0.25, -0.2) is 9.78 Å². The summed E-state index contributed by atoms with van der Waals surface area (Å²) < 4.78 is 5.34. The molecule has 0 amide bonds. The van der Waals surface area contributed by atoms with Gasteiger partial charge in [-0.1, -0.05) is 11.6 Å². The minimum absolute atomic E-state index is 0.160. The third kappa shape index (κ3) is 2.63. The first-order valence-corrected chi connectivity index (χ1v) is 6.72. The van der Waals surface area contributed by atoms with Gasteiger partial charge < -0.3 is 14.4 Å². The number of aromatic nitrogens is 1. The van der Waals surface area contributed by atoms with E-state index in [0.717, 1.165) is 18.6 Å². The van der Waals surface area contributed by atoms with Crippen LogP contribution < -0.4 is 4.90 Å². The largest absolute Gasteiger partial charge is 0.478 e. The Morgan fingerprint density at radius 3 is 2.85 bits per heavy atom. The van der Waals surface area contributed by atoms with Gasteiger partial charge in [-0.2, -0.15) is 0 Å². The molecule has 2 heterocycles. The Morgan fingerprint density at radius 2 is 2.25 bits per heavy atom. The zero-order valence-electron chi connectivity index (χ0n) is 10.6. The van der Waals surface area contributed by atoms with Gasteiger partial charge in [-0.05, 0) is 37.1 Å². The standard InChI is InChI=1S/C14H13ClN2O3/c15-12-6-5-11(14(18)19)13(16-12)17(9-3-4-9)8-10-2-1-7-20-10/h1-2,5-7,9H,3-4,8H2,(H,18,19). The summed E-state index contributed by atoms with van der Waals surface area (Å²) in [6, 6.07) is 6.95. The van der Waals surface area contributed by atoms with Crippen molar-refractivity contribution in [3.8, 4) is 0 Å². The third-order valence-corrected chi connectivity index (χ3v) is 3.45. The highest BCUT2D eigenvalue weighted by molar-refractivity contribution is 6.29. The molecule has 6 heteroatoms. The van der Waals surface area contributed by atoms with Crippen molar-refractivity contribution in [3.63, 3.8) is 0 Å². The Bertz CT molecular complexity index is 623. The van der Waals surface area contributed by atoms with Gasteiger partial charge in [-0.3, -0.25) is 0 Å². The number of hydrogen-bond donors (Lipinski definition) is 1. The molecule has 0 aliphatic heterocycles. The van der Waals surface area contributed by atoms with E-state index in [1.165, 1.54) is 12.1 Å². The molecule has 3 rings (SSSR count). The van der Waals surface area contributed by atoms with Gasteiger partial charge in [0.2, 0.25) is 0 Å². The highest BCUT2D eigenvalue weighted by atomic mass is 35.5. The second kappa shape index (κ2) is 5.17. The van der Waals surface area contributed by atoms with Crippen molar-refractivity contribution in [2.45, 2.75) is 25.4 Å². The number of furan rings is 1. The number of halogens is 1. The number of carboxylic acids is 1. The van der Waals surface area contributed by atoms with E-state index in [-0.39, 0.29) is 10.7 Å². The summed E-state index contributed by atoms with van der Waals surface area (Å²) in [5.41, 5.74) is 0.160. The van der Waals surface area contributed by atoms with E-state index >= 15 is 0 Å². The molecule has 0 aromatic carbocycles. The van der Waals surface area contributed by atoms with Gasteiger partial charge in [0, 0.05) is 6.04 Å². The first-order valence-electron chi connectivity index (χ1n) is 6.34. The molecule has 0 radical (unpaired) electrons. The van der Waals surface area contributed by atoms with Crippen LogP contribution in [-0.2, 0) is 6.54 Å². The molecule has 1 aliphatic carbocycles. The summed E-state index contributed by atoms with van der Waals surface area (Å²) in [6.45, 7) is 0.491. The number of anilines is 1. The van der Waals surface area contributed by atoms with Crippen molar-refractivity contribution in [3.05, 3.63) is 47.0 Å². The van der Waals surface area contributed by atoms with Gasteiger partial charge in [0.1, 0.15) is 22.3 Å². The number of pyridine rings is 1. The minimum atomic E-state index is -1.01. The van der Waals surface area contributed by atoms with Crippen LogP contribution >= 0.6 is 11.6 Å². The second-order valence-electron chi connectivity index (χ2n) is 4.75. The summed E-state index contributed by atoms with van der Waals surface area (Å²) in [5, 5.41) is 9.59. The van der Waals surface area contributed by atoms with Gasteiger partial charge in [0.05, 0.1) is 12.8 Å². The van der Waals surface area contributed by atoms with Crippen LogP contribution in [0.1, 0.15) is 29.0 Å². The molecule has 0 saturated heterocycles. The smallest absolute Gasteiger partial charge is 0.339 e. The van der Waals surface area contributed by atoms with Gasteiger partial charge in [0.25, 0.3) is 0 Å². The molecule has 2 aromatic rings. The molecule has 0 bridgehead atoms. The van der Waals surface area contributed by atoms with E-state index in [4.69, 9.17) is 16.0 Å². The number of nitrogens with zero attached hydrogens (tertiary/aromatic N) is 2. The quantitative estimate of drug-likeness (QED) is 0.857. The molecule has 0 spiro atoms. The maximum atomic E-state index is 11.3. The summed E-state index contributed by atoms with van der Waals surface area (Å²) in [7, 11) is 0. The molecule has 0 unspecified atom stereocenters. The highest BCUT2D eigenvalue weighted by Crippen LogP contribution is 2.34. The minimum Gasteiger partial charge on any atom is -0.478 e. The van der Waals surface area contributed by atoms with Crippen LogP contribution in [-0.4, -0.2) is 22.1 Å². The average molecular weight is 293 g/mol. The van der Waals surface area contributed by atoms with Crippen LogP contribution in [0.5, 0.6) is 0 Å². The van der Waals surface area contributed by atoms with Crippen molar-refractivity contribution < 1.29 is 14.3 Å². The lowest BCUT2D eigenvalue weighted by Crippen LogP contribution is -2.27. The van der Waals surface area contributed by atoms with Crippen LogP contribution in [0.3, 0.4) is 0 Å². The number of carboxylic acid groups (broad SMARTS) is 1. The number of aromatic carboxylic acids is 1. The zero-order chi connectivity index (χ0) is 14.1. The predicted molar refractivity (Wildman–Crippen MR) is 74.1 cm³/mol. The van der Waals surface area contributed by atoms with Gasteiger partial charge in [-0.15, -0.1) is 0 Å². The maximum Gasteiger partial charge on any atom is 0.339 e. The van der Waals surface area contributed by atoms with E-state index in [1.807, 2.05) is 17.0 Å². The second-order valence-corrected chi connectivity index (χ2v) is 5.14. The van der Waals surface area contributed by atoms with Crippen molar-refractivity contribution >= 4 is 23.4 Å². The van der Waals surface area contributed by atoms with E-state index in [2.05, 4.69) is 4.98 Å². The molecule has 1 fully saturated rings. The van der Waals surface area contributed by atoms with Crippen LogP contribution in [0.2, 0.25) is 5.15 Å². The molecule has 1 aliphatic rings. The Hall–Kier alpha value is -2.01. The fourth-order valence-electron chi connectivity index (χ4n) is 2.14. The zero-order valence-corrected chi connectivity index (χ0v) is 11.4. The number of hydrogen-bond acceptors (Lipinski definition) is 4. The Morgan fingerprint density at radius 1 is 1.45 bits per heavy atom. The fraction of sp³-hybridized carbons (Fsp3) is 0.286. The normalized spacial score (nSPS) is 14.2. The molecular formula is C14H13ClN2O3. The van der Waals surface area contributed by atoms with Crippen LogP contribution in [0, 0.1) is 0 Å². The van der Waals surface area contributed by atoms with Crippen LogP contribution in [0.4, 0.5) is 5.82 Å². The van der Waals surface area contributed by atoms with Gasteiger partial charge >= 0.3 is 5.97 Å². The third-order valence-electron chi connectivity index (χ3n) is 3.24. The molecule has 20 heavy (non-hydrogen) atoms. The maximum absolute atomic E-state index is 11.3. The topological polar surface area (TPSA) is 66.6 Å². The summed E-state index contributed by atoms with van der Waals surface area (Å²) >= 11 is 5.92. The molecular weight excluding hydrogens is 280 g/mol. The molecule has 0 atom stereocenters. The van der Waals surface area contributed by atoms with E-state index in [9.17, 15) is 9.90 Å². The number of carbonyl (C=O) groups is 1. The van der Waals surface area contributed by atoms with Crippen molar-refractivity contribution in [1.29, 1.82) is 0 Å². The Labute approximate surface area is 120 Å². The van der Waals surface area contributed by atoms with Gasteiger partial charge in [0.15, 0.2) is 0 Å². The lowest BCUT2D eigenvalue weighted by atomic mass is 10.2. The first-order chi connectivity index (χ1) is 9.65. The fourth-order valence-corrected chi connectivity index (χ4v) is 2.29. The predicted octanol–water partition coefficient (Wildman–Crippen LogP) is 3.20.